The first kappa shape index (κ1) is 18.9. The number of aromatic hydroxyl groups is 3. The zero-order chi connectivity index (χ0) is 19.9. The van der Waals surface area contributed by atoms with Crippen LogP contribution in [-0.2, 0) is 0 Å². The average Bonchev–Trinajstić information content (AvgIpc) is 2.92. The smallest absolute Gasteiger partial charge is 0.279 e. The second-order valence-electron chi connectivity index (χ2n) is 6.18. The number of hydrogen-bond acceptors (Lipinski definition) is 4. The summed E-state index contributed by atoms with van der Waals surface area (Å²) in [5.41, 5.74) is 0.961. The van der Waals surface area contributed by atoms with Gasteiger partial charge in [0.15, 0.2) is 11.5 Å². The lowest BCUT2D eigenvalue weighted by Crippen LogP contribution is -2.35. The van der Waals surface area contributed by atoms with E-state index in [1.54, 1.807) is 18.2 Å². The molecule has 0 saturated carbocycles. The monoisotopic (exact) mass is 406 g/mol. The van der Waals surface area contributed by atoms with Gasteiger partial charge in [-0.1, -0.05) is 28.8 Å². The number of aromatic nitrogens is 2. The van der Waals surface area contributed by atoms with E-state index in [0.29, 0.717) is 21.1 Å². The van der Waals surface area contributed by atoms with Crippen LogP contribution in [0.15, 0.2) is 35.1 Å². The maximum atomic E-state index is 13.0. The molecule has 0 bridgehead atoms. The molecule has 140 valence electrons. The molecule has 3 aromatic rings. The minimum absolute atomic E-state index is 0.174. The summed E-state index contributed by atoms with van der Waals surface area (Å²) in [4.78, 5) is 13.0. The number of nitrogens with one attached hydrogen (secondary N) is 1. The highest BCUT2D eigenvalue weighted by Gasteiger charge is 2.12. The van der Waals surface area contributed by atoms with Crippen molar-refractivity contribution in [1.82, 2.24) is 9.78 Å². The molecule has 0 spiro atoms. The van der Waals surface area contributed by atoms with Crippen LogP contribution in [-0.4, -0.2) is 25.1 Å². The summed E-state index contributed by atoms with van der Waals surface area (Å²) >= 11 is 12.2. The zero-order valence-electron chi connectivity index (χ0n) is 14.4. The Morgan fingerprint density at radius 2 is 1.70 bits per heavy atom. The van der Waals surface area contributed by atoms with Crippen molar-refractivity contribution in [3.63, 3.8) is 0 Å². The summed E-state index contributed by atoms with van der Waals surface area (Å²) in [6.07, 6.45) is 1.42. The standard InChI is InChI=1S/C19H16Cl2N2O4/c1-9(2)18-12(5-10-6-16(25)17(26)8-15(10)24)19(27)23(22-18)14-7-11(20)3-4-13(14)21/h3-8,22,24-26H,1-2H3. The van der Waals surface area contributed by atoms with E-state index in [1.807, 2.05) is 13.8 Å². The fourth-order valence-corrected chi connectivity index (χ4v) is 3.01. The average molecular weight is 407 g/mol. The summed E-state index contributed by atoms with van der Waals surface area (Å²) in [5, 5.41) is 33.7. The van der Waals surface area contributed by atoms with Crippen LogP contribution in [0.4, 0.5) is 0 Å². The Labute approximate surface area is 163 Å². The van der Waals surface area contributed by atoms with Crippen molar-refractivity contribution in [2.75, 3.05) is 0 Å². The van der Waals surface area contributed by atoms with Crippen molar-refractivity contribution >= 4 is 34.9 Å². The minimum atomic E-state index is -0.458. The van der Waals surface area contributed by atoms with E-state index in [2.05, 4.69) is 5.10 Å². The van der Waals surface area contributed by atoms with Crippen molar-refractivity contribution in [2.45, 2.75) is 13.8 Å². The molecule has 0 amide bonds. The van der Waals surface area contributed by atoms with Gasteiger partial charge in [-0.15, -0.1) is 0 Å². The van der Waals surface area contributed by atoms with Gasteiger partial charge in [0, 0.05) is 16.7 Å². The molecule has 0 fully saturated rings. The van der Waals surface area contributed by atoms with Crippen LogP contribution in [0.5, 0.6) is 17.2 Å². The Morgan fingerprint density at radius 3 is 2.37 bits per heavy atom. The van der Waals surface area contributed by atoms with Crippen LogP contribution >= 0.6 is 23.2 Å². The number of H-pyrrole nitrogens is 1. The summed E-state index contributed by atoms with van der Waals surface area (Å²) in [6.45, 7) is 3.64. The van der Waals surface area contributed by atoms with E-state index < -0.39 is 17.1 Å². The lowest BCUT2D eigenvalue weighted by molar-refractivity contribution is 0.396. The molecule has 0 saturated heterocycles. The van der Waals surface area contributed by atoms with Gasteiger partial charge in [-0.25, -0.2) is 4.68 Å². The van der Waals surface area contributed by atoms with E-state index in [0.717, 1.165) is 11.6 Å². The molecule has 8 heteroatoms. The third-order valence-corrected chi connectivity index (χ3v) is 4.55. The summed E-state index contributed by atoms with van der Waals surface area (Å²) in [6, 6.07) is 6.93. The van der Waals surface area contributed by atoms with Crippen molar-refractivity contribution in [3.8, 4) is 22.9 Å². The number of benzene rings is 2. The summed E-state index contributed by atoms with van der Waals surface area (Å²) in [7, 11) is 0. The third-order valence-electron chi connectivity index (χ3n) is 4.00. The van der Waals surface area contributed by atoms with Gasteiger partial charge in [0.25, 0.3) is 5.56 Å². The summed E-state index contributed by atoms with van der Waals surface area (Å²) < 4.78 is 1.26. The van der Waals surface area contributed by atoms with Gasteiger partial charge in [-0.2, -0.15) is 0 Å². The molecule has 2 aromatic carbocycles. The van der Waals surface area contributed by atoms with Gasteiger partial charge < -0.3 is 15.3 Å². The first-order chi connectivity index (χ1) is 12.7. The van der Waals surface area contributed by atoms with Crippen molar-refractivity contribution in [1.29, 1.82) is 0 Å². The first-order valence-electron chi connectivity index (χ1n) is 7.89. The molecule has 0 atom stereocenters. The van der Waals surface area contributed by atoms with Gasteiger partial charge in [0.2, 0.25) is 0 Å². The molecule has 1 heterocycles. The van der Waals surface area contributed by atoms with Gasteiger partial charge in [0.1, 0.15) is 5.75 Å². The largest absolute Gasteiger partial charge is 0.507 e. The highest BCUT2D eigenvalue weighted by molar-refractivity contribution is 6.34. The van der Waals surface area contributed by atoms with Crippen LogP contribution in [0.25, 0.3) is 17.3 Å². The highest BCUT2D eigenvalue weighted by atomic mass is 35.5. The molecule has 6 nitrogen and oxygen atoms in total. The number of phenols is 3. The first-order valence-corrected chi connectivity index (χ1v) is 8.65. The third kappa shape index (κ3) is 3.54. The number of phenolic OH excluding ortho intramolecular Hbond substituents is 3. The second-order valence-corrected chi connectivity index (χ2v) is 7.02. The molecule has 27 heavy (non-hydrogen) atoms. The van der Waals surface area contributed by atoms with Gasteiger partial charge in [0.05, 0.1) is 21.3 Å². The fourth-order valence-electron chi connectivity index (χ4n) is 2.65. The fraction of sp³-hybridized carbons (Fsp3) is 0.105. The van der Waals surface area contributed by atoms with E-state index >= 15 is 0 Å². The molecule has 0 aliphatic heterocycles. The lowest BCUT2D eigenvalue weighted by Gasteiger charge is -2.04. The molecule has 0 unspecified atom stereocenters. The highest BCUT2D eigenvalue weighted by Crippen LogP contribution is 2.32. The molecule has 3 rings (SSSR count). The van der Waals surface area contributed by atoms with E-state index in [-0.39, 0.29) is 16.5 Å². The topological polar surface area (TPSA) is 98.5 Å². The maximum absolute atomic E-state index is 13.0. The molecule has 1 aromatic heterocycles. The van der Waals surface area contributed by atoms with Gasteiger partial charge >= 0.3 is 0 Å². The van der Waals surface area contributed by atoms with Gasteiger partial charge in [-0.05, 0) is 44.2 Å². The number of halogens is 2. The molecule has 4 N–H and O–H groups in total. The minimum Gasteiger partial charge on any atom is -0.507 e. The Hall–Kier alpha value is -2.83. The van der Waals surface area contributed by atoms with Crippen LogP contribution in [0.2, 0.25) is 10.0 Å². The number of rotatable bonds is 2. The maximum Gasteiger partial charge on any atom is 0.279 e. The van der Waals surface area contributed by atoms with Crippen molar-refractivity contribution < 1.29 is 15.3 Å². The Balaban J connectivity index is 2.38. The van der Waals surface area contributed by atoms with Crippen LogP contribution in [0.1, 0.15) is 19.4 Å². The molecular weight excluding hydrogens is 391 g/mol. The number of aromatic amines is 1. The van der Waals surface area contributed by atoms with Crippen molar-refractivity contribution in [3.05, 3.63) is 66.9 Å². The Kier molecular flexibility index (Phi) is 4.95. The zero-order valence-corrected chi connectivity index (χ0v) is 15.9. The predicted octanol–water partition coefficient (Wildman–Crippen LogP) is 2.61. The van der Waals surface area contributed by atoms with Crippen LogP contribution < -0.4 is 16.1 Å². The van der Waals surface area contributed by atoms with Crippen LogP contribution in [0, 0.1) is 0 Å². The normalized spacial score (nSPS) is 11.8. The summed E-state index contributed by atoms with van der Waals surface area (Å²) in [5.74, 6) is -1.15. The predicted molar refractivity (Wildman–Crippen MR) is 105 cm³/mol. The van der Waals surface area contributed by atoms with Gasteiger partial charge in [-0.3, -0.25) is 9.89 Å². The number of nitrogens with zero attached hydrogens (tertiary/aromatic N) is 1. The van der Waals surface area contributed by atoms with E-state index in [1.165, 1.54) is 16.8 Å². The molecular formula is C19H16Cl2N2O4. The Morgan fingerprint density at radius 1 is 1.04 bits per heavy atom. The van der Waals surface area contributed by atoms with E-state index in [9.17, 15) is 20.1 Å². The molecule has 0 aliphatic carbocycles. The van der Waals surface area contributed by atoms with Crippen molar-refractivity contribution in [2.24, 2.45) is 0 Å². The second kappa shape index (κ2) is 7.06. The lowest BCUT2D eigenvalue weighted by atomic mass is 10.1. The van der Waals surface area contributed by atoms with Crippen LogP contribution in [0.3, 0.4) is 0 Å². The quantitative estimate of drug-likeness (QED) is 0.388. The molecule has 0 radical (unpaired) electrons. The molecule has 0 aliphatic rings. The van der Waals surface area contributed by atoms with E-state index in [4.69, 9.17) is 23.2 Å². The number of hydrogen-bond donors (Lipinski definition) is 4. The Bertz CT molecular complexity index is 1220. The SMILES string of the molecule is CC(C)=c1[nH]n(-c2cc(Cl)ccc2Cl)c(=O)c1=Cc1cc(O)c(O)cc1O.